The Hall–Kier alpha value is -1.82. The van der Waals surface area contributed by atoms with Crippen LogP contribution in [0.4, 0.5) is 5.69 Å². The molecule has 0 aromatic heterocycles. The largest absolute Gasteiger partial charge is 0.311 e. The van der Waals surface area contributed by atoms with E-state index >= 15 is 0 Å². The van der Waals surface area contributed by atoms with Gasteiger partial charge in [-0.25, -0.2) is 0 Å². The first kappa shape index (κ1) is 16.2. The van der Waals surface area contributed by atoms with Crippen LogP contribution in [0.5, 0.6) is 0 Å². The lowest BCUT2D eigenvalue weighted by atomic mass is 9.97. The van der Waals surface area contributed by atoms with Crippen LogP contribution in [0.25, 0.3) is 0 Å². The Morgan fingerprint density at radius 3 is 2.55 bits per heavy atom. The van der Waals surface area contributed by atoms with E-state index in [9.17, 15) is 4.79 Å². The summed E-state index contributed by atoms with van der Waals surface area (Å²) in [5.74, 6) is 0.219. The van der Waals surface area contributed by atoms with Gasteiger partial charge in [-0.1, -0.05) is 44.9 Å². The van der Waals surface area contributed by atoms with E-state index in [1.165, 1.54) is 0 Å². The lowest BCUT2D eigenvalue weighted by molar-refractivity contribution is -0.122. The van der Waals surface area contributed by atoms with Crippen LogP contribution in [0, 0.1) is 17.2 Å². The highest BCUT2D eigenvalue weighted by Gasteiger charge is 2.23. The third-order valence-corrected chi connectivity index (χ3v) is 3.53. The molecule has 0 fully saturated rings. The molecule has 1 atom stereocenters. The molecule has 1 amide bonds. The molecule has 0 heterocycles. The van der Waals surface area contributed by atoms with E-state index in [2.05, 4.69) is 19.9 Å². The summed E-state index contributed by atoms with van der Waals surface area (Å²) in [7, 11) is 0. The molecule has 0 aliphatic rings. The molecular formula is C17H24N2O. The van der Waals surface area contributed by atoms with Gasteiger partial charge in [-0.15, -0.1) is 0 Å². The quantitative estimate of drug-likeness (QED) is 0.713. The van der Waals surface area contributed by atoms with E-state index < -0.39 is 0 Å². The van der Waals surface area contributed by atoms with Gasteiger partial charge in [0.15, 0.2) is 0 Å². The Kier molecular flexibility index (Phi) is 7.42. The van der Waals surface area contributed by atoms with E-state index in [0.717, 1.165) is 31.4 Å². The molecule has 0 saturated carbocycles. The lowest BCUT2D eigenvalue weighted by Gasteiger charge is -2.26. The molecule has 0 N–H and O–H groups in total. The number of amides is 1. The van der Waals surface area contributed by atoms with E-state index in [4.69, 9.17) is 5.26 Å². The molecule has 3 nitrogen and oxygen atoms in total. The molecule has 0 spiro atoms. The van der Waals surface area contributed by atoms with Crippen molar-refractivity contribution in [3.8, 4) is 6.07 Å². The summed E-state index contributed by atoms with van der Waals surface area (Å²) in [5, 5.41) is 8.79. The normalized spacial score (nSPS) is 11.7. The zero-order chi connectivity index (χ0) is 14.8. The number of benzene rings is 1. The van der Waals surface area contributed by atoms with E-state index in [0.29, 0.717) is 13.0 Å². The predicted molar refractivity (Wildman–Crippen MR) is 82.3 cm³/mol. The highest BCUT2D eigenvalue weighted by atomic mass is 16.2. The summed E-state index contributed by atoms with van der Waals surface area (Å²) in [4.78, 5) is 14.5. The number of para-hydroxylation sites is 1. The van der Waals surface area contributed by atoms with Crippen LogP contribution in [0.15, 0.2) is 30.3 Å². The Bertz CT molecular complexity index is 436. The zero-order valence-corrected chi connectivity index (χ0v) is 12.5. The van der Waals surface area contributed by atoms with Crippen molar-refractivity contribution in [2.24, 2.45) is 5.92 Å². The van der Waals surface area contributed by atoms with Gasteiger partial charge in [-0.3, -0.25) is 4.79 Å². The minimum Gasteiger partial charge on any atom is -0.311 e. The van der Waals surface area contributed by atoms with Crippen LogP contribution < -0.4 is 4.90 Å². The van der Waals surface area contributed by atoms with Gasteiger partial charge in [0, 0.05) is 18.2 Å². The standard InChI is InChI=1S/C17H24N2O/c1-3-5-10-15(4-2)17(20)19(14-9-13-18)16-11-7-6-8-12-16/h6-8,11-12,15H,3-5,9-10,14H2,1-2H3. The van der Waals surface area contributed by atoms with Gasteiger partial charge in [0.05, 0.1) is 12.5 Å². The van der Waals surface area contributed by atoms with E-state index in [1.54, 1.807) is 4.90 Å². The SMILES string of the molecule is CCCCC(CC)C(=O)N(CCC#N)c1ccccc1. The Balaban J connectivity index is 2.86. The second-order valence-corrected chi connectivity index (χ2v) is 4.98. The van der Waals surface area contributed by atoms with E-state index in [-0.39, 0.29) is 11.8 Å². The molecule has 1 rings (SSSR count). The van der Waals surface area contributed by atoms with Gasteiger partial charge in [-0.05, 0) is 25.0 Å². The van der Waals surface area contributed by atoms with Crippen LogP contribution in [0.3, 0.4) is 0 Å². The zero-order valence-electron chi connectivity index (χ0n) is 12.5. The minimum absolute atomic E-state index is 0.0637. The molecule has 0 saturated heterocycles. The summed E-state index contributed by atoms with van der Waals surface area (Å²) < 4.78 is 0. The van der Waals surface area contributed by atoms with Gasteiger partial charge in [0.2, 0.25) is 5.91 Å². The highest BCUT2D eigenvalue weighted by Crippen LogP contribution is 2.21. The molecule has 20 heavy (non-hydrogen) atoms. The number of unbranched alkanes of at least 4 members (excludes halogenated alkanes) is 1. The van der Waals surface area contributed by atoms with Gasteiger partial charge >= 0.3 is 0 Å². The summed E-state index contributed by atoms with van der Waals surface area (Å²) in [6.45, 7) is 4.68. The third-order valence-electron chi connectivity index (χ3n) is 3.53. The third kappa shape index (κ3) is 4.70. The molecule has 3 heteroatoms. The highest BCUT2D eigenvalue weighted by molar-refractivity contribution is 5.95. The fourth-order valence-electron chi connectivity index (χ4n) is 2.31. The van der Waals surface area contributed by atoms with Crippen LogP contribution in [-0.4, -0.2) is 12.5 Å². The number of nitrogens with zero attached hydrogens (tertiary/aromatic N) is 2. The molecule has 1 unspecified atom stereocenters. The van der Waals surface area contributed by atoms with E-state index in [1.807, 2.05) is 30.3 Å². The maximum Gasteiger partial charge on any atom is 0.230 e. The van der Waals surface area contributed by atoms with Crippen molar-refractivity contribution in [3.63, 3.8) is 0 Å². The predicted octanol–water partition coefficient (Wildman–Crippen LogP) is 4.15. The lowest BCUT2D eigenvalue weighted by Crippen LogP contribution is -2.36. The van der Waals surface area contributed by atoms with Crippen molar-refractivity contribution in [2.45, 2.75) is 46.0 Å². The molecule has 0 aliphatic carbocycles. The number of hydrogen-bond donors (Lipinski definition) is 0. The first-order valence-corrected chi connectivity index (χ1v) is 7.47. The second-order valence-electron chi connectivity index (χ2n) is 4.98. The molecule has 0 radical (unpaired) electrons. The maximum absolute atomic E-state index is 12.7. The first-order chi connectivity index (χ1) is 9.74. The molecule has 1 aromatic carbocycles. The van der Waals surface area contributed by atoms with Crippen LogP contribution in [0.1, 0.15) is 46.0 Å². The summed E-state index contributed by atoms with van der Waals surface area (Å²) >= 11 is 0. The van der Waals surface area contributed by atoms with Gasteiger partial charge < -0.3 is 4.90 Å². The Morgan fingerprint density at radius 1 is 1.30 bits per heavy atom. The van der Waals surface area contributed by atoms with Gasteiger partial charge in [0.1, 0.15) is 0 Å². The van der Waals surface area contributed by atoms with Crippen molar-refractivity contribution in [2.75, 3.05) is 11.4 Å². The maximum atomic E-state index is 12.7. The summed E-state index contributed by atoms with van der Waals surface area (Å²) in [6, 6.07) is 11.8. The van der Waals surface area contributed by atoms with Gasteiger partial charge in [-0.2, -0.15) is 5.26 Å². The number of rotatable bonds is 8. The fourth-order valence-corrected chi connectivity index (χ4v) is 2.31. The van der Waals surface area contributed by atoms with Crippen LogP contribution >= 0.6 is 0 Å². The fraction of sp³-hybridized carbons (Fsp3) is 0.529. The Morgan fingerprint density at radius 2 is 2.00 bits per heavy atom. The van der Waals surface area contributed by atoms with Crippen molar-refractivity contribution in [1.29, 1.82) is 5.26 Å². The minimum atomic E-state index is 0.0637. The molecule has 0 aliphatic heterocycles. The van der Waals surface area contributed by atoms with Crippen molar-refractivity contribution < 1.29 is 4.79 Å². The molecule has 108 valence electrons. The topological polar surface area (TPSA) is 44.1 Å². The van der Waals surface area contributed by atoms with Crippen LogP contribution in [-0.2, 0) is 4.79 Å². The number of anilines is 1. The number of hydrogen-bond acceptors (Lipinski definition) is 2. The van der Waals surface area contributed by atoms with Crippen LogP contribution in [0.2, 0.25) is 0 Å². The summed E-state index contributed by atoms with van der Waals surface area (Å²) in [6.07, 6.45) is 4.33. The average molecular weight is 272 g/mol. The average Bonchev–Trinajstić information content (AvgIpc) is 2.49. The Labute approximate surface area is 122 Å². The molecule has 0 bridgehead atoms. The number of carbonyl (C=O) groups excluding carboxylic acids is 1. The second kappa shape index (κ2) is 9.14. The first-order valence-electron chi connectivity index (χ1n) is 7.47. The van der Waals surface area contributed by atoms with Crippen molar-refractivity contribution >= 4 is 11.6 Å². The monoisotopic (exact) mass is 272 g/mol. The number of carbonyl (C=O) groups is 1. The van der Waals surface area contributed by atoms with Crippen molar-refractivity contribution in [1.82, 2.24) is 0 Å². The van der Waals surface area contributed by atoms with Crippen molar-refractivity contribution in [3.05, 3.63) is 30.3 Å². The summed E-state index contributed by atoms with van der Waals surface area (Å²) in [5.41, 5.74) is 0.891. The number of nitriles is 1. The molecular weight excluding hydrogens is 248 g/mol. The smallest absolute Gasteiger partial charge is 0.230 e. The van der Waals surface area contributed by atoms with Gasteiger partial charge in [0.25, 0.3) is 0 Å². The molecule has 1 aromatic rings.